The predicted octanol–water partition coefficient (Wildman–Crippen LogP) is 4.17. The monoisotopic (exact) mass is 482 g/mol. The van der Waals surface area contributed by atoms with Crippen LogP contribution in [0.4, 0.5) is 5.95 Å². The molecule has 1 unspecified atom stereocenters. The molecule has 0 aliphatic carbocycles. The van der Waals surface area contributed by atoms with Crippen LogP contribution in [-0.2, 0) is 6.61 Å². The van der Waals surface area contributed by atoms with Gasteiger partial charge in [0.15, 0.2) is 23.6 Å². The molecule has 1 atom stereocenters. The second kappa shape index (κ2) is 8.13. The van der Waals surface area contributed by atoms with Gasteiger partial charge in [-0.15, -0.1) is 11.3 Å². The fraction of sp³-hybridized carbons (Fsp3) is 0.227. The summed E-state index contributed by atoms with van der Waals surface area (Å²) in [7, 11) is 0. The van der Waals surface area contributed by atoms with Crippen LogP contribution in [0.5, 0.6) is 17.2 Å². The van der Waals surface area contributed by atoms with Crippen LogP contribution in [0.25, 0.3) is 11.0 Å². The van der Waals surface area contributed by atoms with Crippen molar-refractivity contribution in [3.8, 4) is 17.2 Å². The Morgan fingerprint density at radius 2 is 1.94 bits per heavy atom. The van der Waals surface area contributed by atoms with Crippen LogP contribution in [-0.4, -0.2) is 33.7 Å². The molecule has 0 saturated carbocycles. The molecule has 6 rings (SSSR count). The van der Waals surface area contributed by atoms with Gasteiger partial charge in [-0.05, 0) is 24.3 Å². The fourth-order valence-electron chi connectivity index (χ4n) is 3.81. The van der Waals surface area contributed by atoms with E-state index in [9.17, 15) is 0 Å². The number of guanidine groups is 1. The molecule has 2 aliphatic rings. The van der Waals surface area contributed by atoms with Crippen LogP contribution in [0.1, 0.15) is 23.3 Å². The van der Waals surface area contributed by atoms with Gasteiger partial charge in [0.25, 0.3) is 0 Å². The van der Waals surface area contributed by atoms with Gasteiger partial charge in [0.1, 0.15) is 17.4 Å². The summed E-state index contributed by atoms with van der Waals surface area (Å²) in [6.45, 7) is 1.56. The summed E-state index contributed by atoms with van der Waals surface area (Å²) >= 11 is 7.44. The van der Waals surface area contributed by atoms with Crippen LogP contribution in [0, 0.1) is 0 Å². The number of hydrogen-bond donors (Lipinski definition) is 2. The summed E-state index contributed by atoms with van der Waals surface area (Å²) in [4.78, 5) is 14.1. The standard InChI is InChI=1S/C22H19ClN6O3S/c23-12-2-4-13(5-3-12)32-10-19-25-15(11-33-19)20-27-21(24)28-22-26-14-8-17-18(9-16(14)29(20)22)31-7-1-6-30-17/h2-5,8-9,11,20H,1,6-7,10H2,(H3,24,26,27,28). The molecule has 0 saturated heterocycles. The van der Waals surface area contributed by atoms with Crippen molar-refractivity contribution in [3.63, 3.8) is 0 Å². The number of halogens is 1. The van der Waals surface area contributed by atoms with Crippen molar-refractivity contribution in [2.24, 2.45) is 10.7 Å². The molecule has 3 N–H and O–H groups in total. The quantitative estimate of drug-likeness (QED) is 0.449. The number of ether oxygens (including phenoxy) is 3. The molecular weight excluding hydrogens is 464 g/mol. The number of nitrogens with zero attached hydrogens (tertiary/aromatic N) is 4. The normalized spacial score (nSPS) is 17.1. The van der Waals surface area contributed by atoms with E-state index < -0.39 is 6.17 Å². The van der Waals surface area contributed by atoms with Gasteiger partial charge in [-0.25, -0.2) is 15.0 Å². The average Bonchev–Trinajstić information content (AvgIpc) is 3.34. The molecule has 168 valence electrons. The van der Waals surface area contributed by atoms with Gasteiger partial charge in [-0.3, -0.25) is 9.88 Å². The van der Waals surface area contributed by atoms with Crippen molar-refractivity contribution in [2.75, 3.05) is 18.5 Å². The van der Waals surface area contributed by atoms with Gasteiger partial charge in [0.2, 0.25) is 5.95 Å². The van der Waals surface area contributed by atoms with Gasteiger partial charge in [-0.2, -0.15) is 0 Å². The zero-order valence-corrected chi connectivity index (χ0v) is 18.9. The molecule has 9 nitrogen and oxygen atoms in total. The Hall–Kier alpha value is -3.50. The molecular formula is C22H19ClN6O3S. The number of nitrogens with one attached hydrogen (secondary N) is 1. The highest BCUT2D eigenvalue weighted by molar-refractivity contribution is 7.09. The Labute approximate surface area is 197 Å². The van der Waals surface area contributed by atoms with E-state index in [1.165, 1.54) is 11.3 Å². The number of hydrogen-bond acceptors (Lipinski definition) is 9. The molecule has 4 heterocycles. The maximum Gasteiger partial charge on any atom is 0.212 e. The first kappa shape index (κ1) is 20.1. The van der Waals surface area contributed by atoms with Gasteiger partial charge >= 0.3 is 0 Å². The first-order valence-corrected chi connectivity index (χ1v) is 11.6. The fourth-order valence-corrected chi connectivity index (χ4v) is 4.65. The summed E-state index contributed by atoms with van der Waals surface area (Å²) in [6, 6.07) is 11.1. The number of nitrogens with two attached hydrogens (primary N) is 1. The van der Waals surface area contributed by atoms with E-state index in [0.717, 1.165) is 33.9 Å². The van der Waals surface area contributed by atoms with Gasteiger partial charge < -0.3 is 19.9 Å². The van der Waals surface area contributed by atoms with Gasteiger partial charge in [0, 0.05) is 29.0 Å². The van der Waals surface area contributed by atoms with Crippen molar-refractivity contribution in [3.05, 3.63) is 57.5 Å². The second-order valence-corrected chi connectivity index (χ2v) is 8.94. The predicted molar refractivity (Wildman–Crippen MR) is 127 cm³/mol. The molecule has 0 radical (unpaired) electrons. The number of aliphatic imine (C=N–C) groups is 1. The Morgan fingerprint density at radius 3 is 2.76 bits per heavy atom. The lowest BCUT2D eigenvalue weighted by molar-refractivity contribution is 0.297. The van der Waals surface area contributed by atoms with Crippen LogP contribution in [0.2, 0.25) is 5.02 Å². The Kier molecular flexibility index (Phi) is 4.96. The molecule has 2 aliphatic heterocycles. The number of thiazole rings is 1. The number of imidazole rings is 1. The topological polar surface area (TPSA) is 109 Å². The summed E-state index contributed by atoms with van der Waals surface area (Å²) in [5.41, 5.74) is 8.45. The first-order valence-electron chi connectivity index (χ1n) is 10.4. The number of benzene rings is 2. The highest BCUT2D eigenvalue weighted by Crippen LogP contribution is 2.39. The van der Waals surface area contributed by atoms with Crippen molar-refractivity contribution < 1.29 is 14.2 Å². The molecule has 0 fully saturated rings. The number of anilines is 1. The lowest BCUT2D eigenvalue weighted by Gasteiger charge is -2.22. The number of rotatable bonds is 4. The second-order valence-electron chi connectivity index (χ2n) is 7.57. The largest absolute Gasteiger partial charge is 0.489 e. The van der Waals surface area contributed by atoms with E-state index in [4.69, 9.17) is 41.5 Å². The average molecular weight is 483 g/mol. The Bertz CT molecular complexity index is 1370. The third-order valence-electron chi connectivity index (χ3n) is 5.31. The Morgan fingerprint density at radius 1 is 1.15 bits per heavy atom. The van der Waals surface area contributed by atoms with E-state index >= 15 is 0 Å². The molecule has 33 heavy (non-hydrogen) atoms. The van der Waals surface area contributed by atoms with E-state index in [1.807, 2.05) is 34.2 Å². The minimum atomic E-state index is -0.462. The van der Waals surface area contributed by atoms with E-state index in [0.29, 0.717) is 42.3 Å². The van der Waals surface area contributed by atoms with Crippen LogP contribution in [0.3, 0.4) is 0 Å². The number of fused-ring (bicyclic) bond motifs is 4. The smallest absolute Gasteiger partial charge is 0.212 e. The molecule has 2 aromatic carbocycles. The van der Waals surface area contributed by atoms with Crippen molar-refractivity contribution in [1.82, 2.24) is 14.5 Å². The van der Waals surface area contributed by atoms with Crippen LogP contribution in [0.15, 0.2) is 46.8 Å². The minimum absolute atomic E-state index is 0.281. The first-order chi connectivity index (χ1) is 16.1. The number of aromatic nitrogens is 3. The zero-order valence-electron chi connectivity index (χ0n) is 17.3. The summed E-state index contributed by atoms with van der Waals surface area (Å²) in [5.74, 6) is 2.99. The molecule has 2 aromatic heterocycles. The molecule has 0 amide bonds. The SMILES string of the molecule is NC1=NC(c2csc(COc3ccc(Cl)cc3)n2)n2c(nc3cc4c(cc32)OCCCO4)N1. The van der Waals surface area contributed by atoms with E-state index in [2.05, 4.69) is 10.3 Å². The third kappa shape index (κ3) is 3.81. The summed E-state index contributed by atoms with van der Waals surface area (Å²) in [6.07, 6.45) is 0.374. The lowest BCUT2D eigenvalue weighted by Crippen LogP contribution is -2.31. The van der Waals surface area contributed by atoms with Crippen LogP contribution < -0.4 is 25.3 Å². The van der Waals surface area contributed by atoms with Crippen molar-refractivity contribution in [2.45, 2.75) is 19.2 Å². The van der Waals surface area contributed by atoms with Gasteiger partial charge in [-0.1, -0.05) is 11.6 Å². The zero-order chi connectivity index (χ0) is 22.4. The van der Waals surface area contributed by atoms with E-state index in [-0.39, 0.29) is 5.96 Å². The van der Waals surface area contributed by atoms with E-state index in [1.54, 1.807) is 12.1 Å². The third-order valence-corrected chi connectivity index (χ3v) is 6.41. The molecule has 11 heteroatoms. The maximum absolute atomic E-state index is 6.07. The Balaban J connectivity index is 1.33. The highest BCUT2D eigenvalue weighted by Gasteiger charge is 2.28. The minimum Gasteiger partial charge on any atom is -0.489 e. The maximum atomic E-state index is 6.07. The summed E-state index contributed by atoms with van der Waals surface area (Å²) in [5, 5.41) is 6.50. The van der Waals surface area contributed by atoms with Crippen molar-refractivity contribution in [1.29, 1.82) is 0 Å². The lowest BCUT2D eigenvalue weighted by atomic mass is 10.2. The van der Waals surface area contributed by atoms with Crippen LogP contribution >= 0.6 is 22.9 Å². The summed E-state index contributed by atoms with van der Waals surface area (Å²) < 4.78 is 19.5. The molecule has 4 aromatic rings. The van der Waals surface area contributed by atoms with Crippen molar-refractivity contribution >= 4 is 45.9 Å². The van der Waals surface area contributed by atoms with Gasteiger partial charge in [0.05, 0.1) is 29.9 Å². The highest BCUT2D eigenvalue weighted by atomic mass is 35.5. The molecule has 0 bridgehead atoms. The molecule has 0 spiro atoms.